The molecule has 2 aromatic heterocycles. The summed E-state index contributed by atoms with van der Waals surface area (Å²) in [6, 6.07) is 9.61. The summed E-state index contributed by atoms with van der Waals surface area (Å²) >= 11 is 0. The van der Waals surface area contributed by atoms with Gasteiger partial charge in [0.1, 0.15) is 5.65 Å². The summed E-state index contributed by atoms with van der Waals surface area (Å²) in [4.78, 5) is 37.2. The Kier molecular flexibility index (Phi) is 6.37. The molecule has 0 atom stereocenters. The Bertz CT molecular complexity index is 1130. The lowest BCUT2D eigenvalue weighted by Gasteiger charge is -2.26. The van der Waals surface area contributed by atoms with Crippen molar-refractivity contribution >= 4 is 22.8 Å². The molecule has 2 N–H and O–H groups in total. The molecule has 0 unspecified atom stereocenters. The molecule has 0 radical (unpaired) electrons. The Morgan fingerprint density at radius 1 is 1.03 bits per heavy atom. The molecule has 4 heterocycles. The van der Waals surface area contributed by atoms with E-state index >= 15 is 0 Å². The third-order valence-corrected chi connectivity index (χ3v) is 6.45. The quantitative estimate of drug-likeness (QED) is 0.606. The first kappa shape index (κ1) is 21.6. The predicted octanol–water partition coefficient (Wildman–Crippen LogP) is 2.53. The highest BCUT2D eigenvalue weighted by molar-refractivity contribution is 6.06. The van der Waals surface area contributed by atoms with Crippen LogP contribution in [0.5, 0.6) is 0 Å². The third kappa shape index (κ3) is 4.77. The predicted molar refractivity (Wildman–Crippen MR) is 126 cm³/mol. The average molecular weight is 448 g/mol. The fourth-order valence-electron chi connectivity index (χ4n) is 4.50. The first-order valence-electron chi connectivity index (χ1n) is 11.6. The van der Waals surface area contributed by atoms with Crippen molar-refractivity contribution in [3.05, 3.63) is 53.9 Å². The van der Waals surface area contributed by atoms with E-state index in [0.717, 1.165) is 75.3 Å². The second-order valence-electron chi connectivity index (χ2n) is 8.61. The lowest BCUT2D eigenvalue weighted by Crippen LogP contribution is -2.41. The average Bonchev–Trinajstić information content (AvgIpc) is 3.54. The Morgan fingerprint density at radius 3 is 2.55 bits per heavy atom. The van der Waals surface area contributed by atoms with Gasteiger partial charge in [-0.15, -0.1) is 0 Å². The Balaban J connectivity index is 1.28. The number of hydrogen-bond donors (Lipinski definition) is 2. The number of pyridine rings is 1. The topological polar surface area (TPSA) is 90.6 Å². The number of likely N-dealkylation sites (tertiary alicyclic amines) is 1. The maximum absolute atomic E-state index is 12.8. The second kappa shape index (κ2) is 9.72. The molecule has 1 aromatic carbocycles. The van der Waals surface area contributed by atoms with Crippen LogP contribution >= 0.6 is 0 Å². The van der Waals surface area contributed by atoms with E-state index in [0.29, 0.717) is 23.3 Å². The fraction of sp³-hybridized carbons (Fsp3) is 0.400. The van der Waals surface area contributed by atoms with Gasteiger partial charge in [0.05, 0.1) is 18.8 Å². The van der Waals surface area contributed by atoms with Crippen molar-refractivity contribution in [3.8, 4) is 11.1 Å². The minimum Gasteiger partial charge on any atom is -0.379 e. The van der Waals surface area contributed by atoms with Gasteiger partial charge < -0.3 is 19.9 Å². The Hall–Kier alpha value is -3.23. The van der Waals surface area contributed by atoms with Crippen LogP contribution in [0.4, 0.5) is 0 Å². The molecule has 2 fully saturated rings. The zero-order chi connectivity index (χ0) is 22.6. The molecular formula is C25H29N5O3. The molecule has 0 saturated carbocycles. The SMILES string of the molecule is O=C(NCCN1CCOCC1)c1c[nH]c2ncc(-c3ccc(C(=O)N4CCCC4)cc3)cc12. The molecule has 8 heteroatoms. The maximum Gasteiger partial charge on any atom is 0.253 e. The molecule has 2 aliphatic rings. The smallest absolute Gasteiger partial charge is 0.253 e. The molecule has 2 saturated heterocycles. The van der Waals surface area contributed by atoms with E-state index in [2.05, 4.69) is 20.2 Å². The van der Waals surface area contributed by atoms with Gasteiger partial charge in [-0.1, -0.05) is 12.1 Å². The number of H-pyrrole nitrogens is 1. The van der Waals surface area contributed by atoms with Crippen LogP contribution in [0, 0.1) is 0 Å². The molecule has 8 nitrogen and oxygen atoms in total. The minimum atomic E-state index is -0.111. The number of rotatable bonds is 6. The van der Waals surface area contributed by atoms with Crippen molar-refractivity contribution in [1.29, 1.82) is 0 Å². The maximum atomic E-state index is 12.8. The standard InChI is InChI=1S/C25H29N5O3/c31-24(26-7-10-29-11-13-33-14-12-29)22-17-28-23-21(22)15-20(16-27-23)18-3-5-19(6-4-18)25(32)30-8-1-2-9-30/h3-6,15-17H,1-2,7-14H2,(H,26,31)(H,27,28). The number of aromatic nitrogens is 2. The van der Waals surface area contributed by atoms with Gasteiger partial charge in [-0.3, -0.25) is 14.5 Å². The number of hydrogen-bond acceptors (Lipinski definition) is 5. The number of amides is 2. The van der Waals surface area contributed by atoms with Crippen LogP contribution in [0.3, 0.4) is 0 Å². The van der Waals surface area contributed by atoms with Gasteiger partial charge >= 0.3 is 0 Å². The van der Waals surface area contributed by atoms with Gasteiger partial charge in [-0.2, -0.15) is 0 Å². The number of nitrogens with zero attached hydrogens (tertiary/aromatic N) is 3. The van der Waals surface area contributed by atoms with Crippen molar-refractivity contribution in [3.63, 3.8) is 0 Å². The Labute approximate surface area is 192 Å². The molecule has 0 bridgehead atoms. The van der Waals surface area contributed by atoms with Crippen LogP contribution in [0.25, 0.3) is 22.2 Å². The van der Waals surface area contributed by atoms with Gasteiger partial charge in [0, 0.05) is 68.2 Å². The monoisotopic (exact) mass is 447 g/mol. The van der Waals surface area contributed by atoms with E-state index in [1.807, 2.05) is 35.2 Å². The van der Waals surface area contributed by atoms with E-state index in [9.17, 15) is 9.59 Å². The lowest BCUT2D eigenvalue weighted by molar-refractivity contribution is 0.0383. The molecule has 3 aromatic rings. The highest BCUT2D eigenvalue weighted by Gasteiger charge is 2.19. The highest BCUT2D eigenvalue weighted by Crippen LogP contribution is 2.25. The van der Waals surface area contributed by atoms with Crippen molar-refractivity contribution < 1.29 is 14.3 Å². The van der Waals surface area contributed by atoms with Crippen molar-refractivity contribution in [2.24, 2.45) is 0 Å². The molecule has 33 heavy (non-hydrogen) atoms. The molecule has 0 aliphatic carbocycles. The molecule has 172 valence electrons. The molecule has 2 amide bonds. The largest absolute Gasteiger partial charge is 0.379 e. The van der Waals surface area contributed by atoms with Crippen molar-refractivity contribution in [2.75, 3.05) is 52.5 Å². The molecular weight excluding hydrogens is 418 g/mol. The number of carbonyl (C=O) groups is 2. The van der Waals surface area contributed by atoms with Gasteiger partial charge in [0.25, 0.3) is 11.8 Å². The number of aromatic amines is 1. The normalized spacial score (nSPS) is 16.9. The van der Waals surface area contributed by atoms with Gasteiger partial charge in [0.15, 0.2) is 0 Å². The summed E-state index contributed by atoms with van der Waals surface area (Å²) in [5.41, 5.74) is 3.84. The fourth-order valence-corrected chi connectivity index (χ4v) is 4.50. The van der Waals surface area contributed by atoms with Crippen LogP contribution in [0.1, 0.15) is 33.6 Å². The third-order valence-electron chi connectivity index (χ3n) is 6.45. The molecule has 0 spiro atoms. The van der Waals surface area contributed by atoms with Crippen LogP contribution in [0.15, 0.2) is 42.7 Å². The summed E-state index contributed by atoms with van der Waals surface area (Å²) in [6.07, 6.45) is 5.66. The van der Waals surface area contributed by atoms with E-state index in [4.69, 9.17) is 4.74 Å². The second-order valence-corrected chi connectivity index (χ2v) is 8.61. The summed E-state index contributed by atoms with van der Waals surface area (Å²) in [6.45, 7) is 6.38. The van der Waals surface area contributed by atoms with Crippen LogP contribution in [0.2, 0.25) is 0 Å². The van der Waals surface area contributed by atoms with Crippen LogP contribution < -0.4 is 5.32 Å². The summed E-state index contributed by atoms with van der Waals surface area (Å²) < 4.78 is 5.36. The lowest BCUT2D eigenvalue weighted by atomic mass is 10.0. The number of morpholine rings is 1. The van der Waals surface area contributed by atoms with E-state index in [-0.39, 0.29) is 11.8 Å². The number of benzene rings is 1. The number of fused-ring (bicyclic) bond motifs is 1. The van der Waals surface area contributed by atoms with Crippen molar-refractivity contribution in [1.82, 2.24) is 25.1 Å². The molecule has 2 aliphatic heterocycles. The summed E-state index contributed by atoms with van der Waals surface area (Å²) in [7, 11) is 0. The Morgan fingerprint density at radius 2 is 1.79 bits per heavy atom. The molecule has 5 rings (SSSR count). The van der Waals surface area contributed by atoms with Gasteiger partial charge in [-0.25, -0.2) is 4.98 Å². The van der Waals surface area contributed by atoms with Gasteiger partial charge in [0.2, 0.25) is 0 Å². The van der Waals surface area contributed by atoms with E-state index in [1.54, 1.807) is 12.4 Å². The zero-order valence-corrected chi connectivity index (χ0v) is 18.7. The van der Waals surface area contributed by atoms with Crippen LogP contribution in [-0.4, -0.2) is 84.1 Å². The zero-order valence-electron chi connectivity index (χ0n) is 18.7. The summed E-state index contributed by atoms with van der Waals surface area (Å²) in [5, 5.41) is 3.80. The first-order chi connectivity index (χ1) is 16.2. The number of ether oxygens (including phenoxy) is 1. The summed E-state index contributed by atoms with van der Waals surface area (Å²) in [5.74, 6) is -0.0192. The van der Waals surface area contributed by atoms with Gasteiger partial charge in [-0.05, 0) is 36.6 Å². The first-order valence-corrected chi connectivity index (χ1v) is 11.6. The number of nitrogens with one attached hydrogen (secondary N) is 2. The van der Waals surface area contributed by atoms with Crippen molar-refractivity contribution in [2.45, 2.75) is 12.8 Å². The van der Waals surface area contributed by atoms with E-state index < -0.39 is 0 Å². The number of carbonyl (C=O) groups excluding carboxylic acids is 2. The van der Waals surface area contributed by atoms with E-state index in [1.165, 1.54) is 0 Å². The highest BCUT2D eigenvalue weighted by atomic mass is 16.5. The minimum absolute atomic E-state index is 0.0919. The van der Waals surface area contributed by atoms with Crippen LogP contribution in [-0.2, 0) is 4.74 Å².